The Hall–Kier alpha value is -7.16. The van der Waals surface area contributed by atoms with Gasteiger partial charge in [0.05, 0.1) is 0 Å². The molecule has 0 spiro atoms. The minimum atomic E-state index is 1.02. The fourth-order valence-electron chi connectivity index (χ4n) is 9.88. The van der Waals surface area contributed by atoms with Crippen LogP contribution in [0.15, 0.2) is 194 Å². The second-order valence-corrected chi connectivity index (χ2v) is 16.1. The Morgan fingerprint density at radius 3 is 0.724 bits per heavy atom. The predicted octanol–water partition coefficient (Wildman–Crippen LogP) is 15.1. The van der Waals surface area contributed by atoms with Gasteiger partial charge in [0.25, 0.3) is 0 Å². The molecule has 10 aromatic carbocycles. The Kier molecular flexibility index (Phi) is 7.53. The molecule has 0 aromatic heterocycles. The maximum atomic E-state index is 2.49. The van der Waals surface area contributed by atoms with Gasteiger partial charge in [-0.15, -0.1) is 0 Å². The zero-order valence-electron chi connectivity index (χ0n) is 32.2. The zero-order chi connectivity index (χ0) is 38.2. The van der Waals surface area contributed by atoms with Gasteiger partial charge in [0.15, 0.2) is 0 Å². The van der Waals surface area contributed by atoms with Gasteiger partial charge in [-0.25, -0.2) is 0 Å². The first-order chi connectivity index (χ1) is 28.7. The lowest BCUT2D eigenvalue weighted by molar-refractivity contribution is 0.875. The maximum absolute atomic E-state index is 2.49. The fourth-order valence-corrected chi connectivity index (χ4v) is 9.88. The van der Waals surface area contributed by atoms with Crippen LogP contribution in [0.5, 0.6) is 0 Å². The molecule has 0 saturated heterocycles. The molecule has 0 heterocycles. The summed E-state index contributed by atoms with van der Waals surface area (Å²) in [7, 11) is 0. The topological polar surface area (TPSA) is 6.48 Å². The van der Waals surface area contributed by atoms with E-state index in [0.717, 1.165) is 25.7 Å². The second-order valence-electron chi connectivity index (χ2n) is 16.1. The summed E-state index contributed by atoms with van der Waals surface area (Å²) in [6.07, 6.45) is 4.06. The number of nitrogens with zero attached hydrogens (tertiary/aromatic N) is 2. The SMILES string of the molecule is c1ccc2cc(N(c3cc4c5c(c3)CCc3cc(N(c6ccc7ccccc7c6)c6ccc7ccccc7c6)cc(c3-5)CC4)c3ccc4ccccc4c3)ccc2c1. The molecule has 2 aliphatic carbocycles. The first kappa shape index (κ1) is 33.0. The van der Waals surface area contributed by atoms with Crippen molar-refractivity contribution in [3.05, 3.63) is 216 Å². The van der Waals surface area contributed by atoms with Crippen LogP contribution in [0, 0.1) is 0 Å². The van der Waals surface area contributed by atoms with Gasteiger partial charge in [-0.05, 0) is 175 Å². The molecule has 0 fully saturated rings. The fraction of sp³-hybridized carbons (Fsp3) is 0.0714. The molecule has 0 bridgehead atoms. The number of aryl methyl sites for hydroxylation is 4. The number of hydrogen-bond acceptors (Lipinski definition) is 2. The van der Waals surface area contributed by atoms with Crippen molar-refractivity contribution in [3.63, 3.8) is 0 Å². The molecule has 58 heavy (non-hydrogen) atoms. The smallest absolute Gasteiger partial charge is 0.0468 e. The lowest BCUT2D eigenvalue weighted by Crippen LogP contribution is -2.18. The summed E-state index contributed by atoms with van der Waals surface area (Å²) in [4.78, 5) is 4.96. The molecule has 274 valence electrons. The molecule has 0 saturated carbocycles. The summed E-state index contributed by atoms with van der Waals surface area (Å²) in [5.41, 5.74) is 16.0. The Bertz CT molecular complexity index is 2840. The van der Waals surface area contributed by atoms with E-state index < -0.39 is 0 Å². The quantitative estimate of drug-likeness (QED) is 0.167. The van der Waals surface area contributed by atoms with Crippen LogP contribution in [-0.4, -0.2) is 0 Å². The van der Waals surface area contributed by atoms with E-state index >= 15 is 0 Å². The standard InChI is InChI=1S/C56H40N2/c1-5-13-41-29-49(25-21-37(41)9-1)57(50-26-22-38-10-2-6-14-42(38)30-50)53-33-45-17-19-47-35-54(36-48-20-18-46(34-53)55(45)56(47)48)58(51-27-23-39-11-3-7-15-43(39)31-51)52-28-24-40-12-4-8-16-44(40)32-52/h1-16,21-36H,17-20H2. The first-order valence-electron chi connectivity index (χ1n) is 20.6. The number of fused-ring (bicyclic) bond motifs is 4. The Morgan fingerprint density at radius 1 is 0.224 bits per heavy atom. The van der Waals surface area contributed by atoms with Gasteiger partial charge >= 0.3 is 0 Å². The molecule has 0 unspecified atom stereocenters. The van der Waals surface area contributed by atoms with Crippen molar-refractivity contribution in [3.8, 4) is 11.1 Å². The third-order valence-corrected chi connectivity index (χ3v) is 12.6. The van der Waals surface area contributed by atoms with Crippen LogP contribution in [0.1, 0.15) is 22.3 Å². The van der Waals surface area contributed by atoms with Gasteiger partial charge in [0.2, 0.25) is 0 Å². The highest BCUT2D eigenvalue weighted by Crippen LogP contribution is 2.49. The molecular weight excluding hydrogens is 701 g/mol. The number of anilines is 6. The van der Waals surface area contributed by atoms with Gasteiger partial charge in [-0.2, -0.15) is 0 Å². The molecule has 12 rings (SSSR count). The zero-order valence-corrected chi connectivity index (χ0v) is 32.2. The largest absolute Gasteiger partial charge is 0.310 e. The number of benzene rings is 10. The van der Waals surface area contributed by atoms with Crippen LogP contribution < -0.4 is 9.80 Å². The number of hydrogen-bond donors (Lipinski definition) is 0. The third-order valence-electron chi connectivity index (χ3n) is 12.6. The minimum absolute atomic E-state index is 1.02. The first-order valence-corrected chi connectivity index (χ1v) is 20.6. The van der Waals surface area contributed by atoms with E-state index in [2.05, 4.69) is 204 Å². The molecule has 0 radical (unpaired) electrons. The van der Waals surface area contributed by atoms with Crippen molar-refractivity contribution in [2.75, 3.05) is 9.80 Å². The van der Waals surface area contributed by atoms with E-state index in [4.69, 9.17) is 0 Å². The van der Waals surface area contributed by atoms with Crippen molar-refractivity contribution in [2.24, 2.45) is 0 Å². The Labute approximate surface area is 338 Å². The summed E-state index contributed by atoms with van der Waals surface area (Å²) in [6.45, 7) is 0. The van der Waals surface area contributed by atoms with Gasteiger partial charge in [0.1, 0.15) is 0 Å². The lowest BCUT2D eigenvalue weighted by atomic mass is 9.75. The monoisotopic (exact) mass is 740 g/mol. The molecule has 2 nitrogen and oxygen atoms in total. The Morgan fingerprint density at radius 2 is 0.466 bits per heavy atom. The van der Waals surface area contributed by atoms with E-state index in [1.54, 1.807) is 0 Å². The van der Waals surface area contributed by atoms with Crippen molar-refractivity contribution < 1.29 is 0 Å². The number of rotatable bonds is 6. The molecule has 0 N–H and O–H groups in total. The average Bonchev–Trinajstić information content (AvgIpc) is 3.28. The summed E-state index contributed by atoms with van der Waals surface area (Å²) < 4.78 is 0. The third kappa shape index (κ3) is 5.48. The summed E-state index contributed by atoms with van der Waals surface area (Å²) >= 11 is 0. The van der Waals surface area contributed by atoms with E-state index in [9.17, 15) is 0 Å². The second kappa shape index (κ2) is 13.2. The summed E-state index contributed by atoms with van der Waals surface area (Å²) in [5, 5.41) is 10.0. The van der Waals surface area contributed by atoms with E-state index in [1.165, 1.54) is 111 Å². The van der Waals surface area contributed by atoms with E-state index in [0.29, 0.717) is 0 Å². The van der Waals surface area contributed by atoms with Crippen molar-refractivity contribution in [1.29, 1.82) is 0 Å². The highest BCUT2D eigenvalue weighted by Gasteiger charge is 2.29. The lowest BCUT2D eigenvalue weighted by Gasteiger charge is -2.34. The summed E-state index contributed by atoms with van der Waals surface area (Å²) in [5.74, 6) is 0. The molecule has 2 aliphatic rings. The molecule has 0 amide bonds. The molecule has 2 heteroatoms. The minimum Gasteiger partial charge on any atom is -0.310 e. The van der Waals surface area contributed by atoms with Gasteiger partial charge in [-0.1, -0.05) is 121 Å². The van der Waals surface area contributed by atoms with Crippen LogP contribution in [0.4, 0.5) is 34.1 Å². The van der Waals surface area contributed by atoms with Gasteiger partial charge < -0.3 is 9.80 Å². The van der Waals surface area contributed by atoms with Crippen LogP contribution >= 0.6 is 0 Å². The van der Waals surface area contributed by atoms with Crippen LogP contribution in [-0.2, 0) is 25.7 Å². The van der Waals surface area contributed by atoms with E-state index in [1.807, 2.05) is 0 Å². The van der Waals surface area contributed by atoms with Gasteiger partial charge in [0, 0.05) is 34.1 Å². The molecule has 0 aliphatic heterocycles. The van der Waals surface area contributed by atoms with Crippen LogP contribution in [0.3, 0.4) is 0 Å². The van der Waals surface area contributed by atoms with E-state index in [-0.39, 0.29) is 0 Å². The highest BCUT2D eigenvalue weighted by atomic mass is 15.1. The van der Waals surface area contributed by atoms with Gasteiger partial charge in [-0.3, -0.25) is 0 Å². The normalized spacial score (nSPS) is 12.9. The molecule has 10 aromatic rings. The van der Waals surface area contributed by atoms with Crippen molar-refractivity contribution in [1.82, 2.24) is 0 Å². The summed E-state index contributed by atoms with van der Waals surface area (Å²) in [6, 6.07) is 72.3. The Balaban J connectivity index is 1.00. The molecular formula is C56H40N2. The maximum Gasteiger partial charge on any atom is 0.0468 e. The highest BCUT2D eigenvalue weighted by molar-refractivity contribution is 5.96. The molecule has 0 atom stereocenters. The average molecular weight is 741 g/mol. The van der Waals surface area contributed by atoms with Crippen LogP contribution in [0.25, 0.3) is 54.2 Å². The van der Waals surface area contributed by atoms with Crippen molar-refractivity contribution >= 4 is 77.2 Å². The predicted molar refractivity (Wildman–Crippen MR) is 246 cm³/mol. The van der Waals surface area contributed by atoms with Crippen molar-refractivity contribution in [2.45, 2.75) is 25.7 Å². The van der Waals surface area contributed by atoms with Crippen LogP contribution in [0.2, 0.25) is 0 Å².